The molecule has 3 rings (SSSR count). The molecule has 25 heavy (non-hydrogen) atoms. The van der Waals surface area contributed by atoms with Crippen LogP contribution in [0.5, 0.6) is 5.75 Å². The van der Waals surface area contributed by atoms with Crippen LogP contribution in [0.4, 0.5) is 0 Å². The van der Waals surface area contributed by atoms with E-state index in [0.29, 0.717) is 12.0 Å². The third-order valence-electron chi connectivity index (χ3n) is 3.87. The Morgan fingerprint density at radius 2 is 1.64 bits per heavy atom. The predicted octanol–water partition coefficient (Wildman–Crippen LogP) is 3.22. The van der Waals surface area contributed by atoms with Crippen molar-refractivity contribution in [1.29, 1.82) is 0 Å². The average Bonchev–Trinajstić information content (AvgIpc) is 2.65. The number of methoxy groups -OCH3 is 1. The number of hydrogen-bond acceptors (Lipinski definition) is 2. The van der Waals surface area contributed by atoms with E-state index in [2.05, 4.69) is 17.1 Å². The van der Waals surface area contributed by atoms with Crippen LogP contribution in [0.1, 0.15) is 11.1 Å². The van der Waals surface area contributed by atoms with Crippen LogP contribution in [-0.4, -0.2) is 17.6 Å². The van der Waals surface area contributed by atoms with Crippen molar-refractivity contribution in [2.75, 3.05) is 7.11 Å². The normalized spacial score (nSPS) is 11.3. The zero-order valence-electron chi connectivity index (χ0n) is 14.1. The molecule has 0 aliphatic heterocycles. The van der Waals surface area contributed by atoms with Gasteiger partial charge >= 0.3 is 0 Å². The molecule has 4 nitrogen and oxygen atoms in total. The van der Waals surface area contributed by atoms with Gasteiger partial charge in [-0.25, -0.2) is 0 Å². The SMILES string of the molecule is COc1ccc(CC(=O)N=c2ccccn2Cc2ccccc2)cc1. The number of carbonyl (C=O) groups is 1. The summed E-state index contributed by atoms with van der Waals surface area (Å²) in [7, 11) is 1.62. The fourth-order valence-electron chi connectivity index (χ4n) is 2.57. The number of carbonyl (C=O) groups excluding carboxylic acids is 1. The van der Waals surface area contributed by atoms with Crippen molar-refractivity contribution in [2.24, 2.45) is 4.99 Å². The lowest BCUT2D eigenvalue weighted by atomic mass is 10.1. The van der Waals surface area contributed by atoms with E-state index in [0.717, 1.165) is 16.9 Å². The minimum Gasteiger partial charge on any atom is -0.497 e. The summed E-state index contributed by atoms with van der Waals surface area (Å²) in [6, 6.07) is 23.3. The van der Waals surface area contributed by atoms with Crippen LogP contribution >= 0.6 is 0 Å². The average molecular weight is 332 g/mol. The maximum atomic E-state index is 12.3. The second kappa shape index (κ2) is 8.11. The van der Waals surface area contributed by atoms with Crippen molar-refractivity contribution in [1.82, 2.24) is 4.57 Å². The van der Waals surface area contributed by atoms with Gasteiger partial charge in [-0.15, -0.1) is 0 Å². The third-order valence-corrected chi connectivity index (χ3v) is 3.87. The van der Waals surface area contributed by atoms with E-state index >= 15 is 0 Å². The Morgan fingerprint density at radius 1 is 0.920 bits per heavy atom. The summed E-state index contributed by atoms with van der Waals surface area (Å²) in [4.78, 5) is 16.6. The van der Waals surface area contributed by atoms with Crippen molar-refractivity contribution >= 4 is 5.91 Å². The molecule has 1 aromatic heterocycles. The molecule has 0 radical (unpaired) electrons. The van der Waals surface area contributed by atoms with Crippen LogP contribution in [0.3, 0.4) is 0 Å². The molecule has 0 N–H and O–H groups in total. The molecule has 0 unspecified atom stereocenters. The van der Waals surface area contributed by atoms with Crippen LogP contribution in [0.2, 0.25) is 0 Å². The number of hydrogen-bond donors (Lipinski definition) is 0. The smallest absolute Gasteiger partial charge is 0.252 e. The molecule has 2 aromatic carbocycles. The molecule has 126 valence electrons. The van der Waals surface area contributed by atoms with E-state index in [4.69, 9.17) is 4.74 Å². The van der Waals surface area contributed by atoms with Crippen molar-refractivity contribution in [2.45, 2.75) is 13.0 Å². The van der Waals surface area contributed by atoms with Gasteiger partial charge in [0.25, 0.3) is 5.91 Å². The predicted molar refractivity (Wildman–Crippen MR) is 97.2 cm³/mol. The summed E-state index contributed by atoms with van der Waals surface area (Å²) >= 11 is 0. The minimum atomic E-state index is -0.168. The highest BCUT2D eigenvalue weighted by Crippen LogP contribution is 2.11. The first kappa shape index (κ1) is 16.7. The fourth-order valence-corrected chi connectivity index (χ4v) is 2.57. The first-order valence-electron chi connectivity index (χ1n) is 8.14. The molecule has 1 amide bonds. The number of ether oxygens (including phenoxy) is 1. The van der Waals surface area contributed by atoms with E-state index in [-0.39, 0.29) is 12.3 Å². The summed E-state index contributed by atoms with van der Waals surface area (Å²) in [5.74, 6) is 0.607. The van der Waals surface area contributed by atoms with Gasteiger partial charge in [0, 0.05) is 12.7 Å². The van der Waals surface area contributed by atoms with Gasteiger partial charge in [0.15, 0.2) is 0 Å². The van der Waals surface area contributed by atoms with Gasteiger partial charge in [0.1, 0.15) is 11.2 Å². The Balaban J connectivity index is 1.79. The maximum Gasteiger partial charge on any atom is 0.252 e. The number of aromatic nitrogens is 1. The van der Waals surface area contributed by atoms with Crippen molar-refractivity contribution in [3.05, 3.63) is 95.6 Å². The molecule has 1 heterocycles. The van der Waals surface area contributed by atoms with Crippen molar-refractivity contribution < 1.29 is 9.53 Å². The van der Waals surface area contributed by atoms with Crippen molar-refractivity contribution in [3.63, 3.8) is 0 Å². The Labute approximate surface area is 147 Å². The van der Waals surface area contributed by atoms with Crippen LogP contribution < -0.4 is 10.2 Å². The third kappa shape index (κ3) is 4.67. The molecular formula is C21H20N2O2. The first-order valence-corrected chi connectivity index (χ1v) is 8.14. The second-order valence-electron chi connectivity index (χ2n) is 5.70. The molecule has 0 saturated carbocycles. The highest BCUT2D eigenvalue weighted by molar-refractivity contribution is 5.79. The minimum absolute atomic E-state index is 0.168. The lowest BCUT2D eigenvalue weighted by Crippen LogP contribution is -2.22. The van der Waals surface area contributed by atoms with E-state index in [1.54, 1.807) is 7.11 Å². The van der Waals surface area contributed by atoms with Gasteiger partial charge in [0.2, 0.25) is 0 Å². The van der Waals surface area contributed by atoms with Crippen LogP contribution in [0.25, 0.3) is 0 Å². The molecule has 0 bridgehead atoms. The zero-order chi connectivity index (χ0) is 17.5. The van der Waals surface area contributed by atoms with E-state index in [1.807, 2.05) is 71.4 Å². The maximum absolute atomic E-state index is 12.3. The summed E-state index contributed by atoms with van der Waals surface area (Å²) in [5.41, 5.74) is 2.74. The molecule has 0 fully saturated rings. The highest BCUT2D eigenvalue weighted by atomic mass is 16.5. The summed E-state index contributed by atoms with van der Waals surface area (Å²) in [5, 5.41) is 0. The van der Waals surface area contributed by atoms with Gasteiger partial charge in [0.05, 0.1) is 13.5 Å². The number of rotatable bonds is 5. The molecule has 0 aliphatic carbocycles. The quantitative estimate of drug-likeness (QED) is 0.720. The highest BCUT2D eigenvalue weighted by Gasteiger charge is 2.03. The number of benzene rings is 2. The summed E-state index contributed by atoms with van der Waals surface area (Å²) in [6.45, 7) is 0.677. The van der Waals surface area contributed by atoms with Crippen LogP contribution in [-0.2, 0) is 17.8 Å². The van der Waals surface area contributed by atoms with Gasteiger partial charge in [-0.05, 0) is 35.4 Å². The molecule has 3 aromatic rings. The van der Waals surface area contributed by atoms with Crippen LogP contribution in [0, 0.1) is 0 Å². The number of pyridine rings is 1. The Hall–Kier alpha value is -3.14. The van der Waals surface area contributed by atoms with E-state index < -0.39 is 0 Å². The fraction of sp³-hybridized carbons (Fsp3) is 0.143. The summed E-state index contributed by atoms with van der Waals surface area (Å²) in [6.07, 6.45) is 2.21. The monoisotopic (exact) mass is 332 g/mol. The van der Waals surface area contributed by atoms with E-state index in [9.17, 15) is 4.79 Å². The Morgan fingerprint density at radius 3 is 2.36 bits per heavy atom. The lowest BCUT2D eigenvalue weighted by Gasteiger charge is -2.07. The number of amides is 1. The topological polar surface area (TPSA) is 43.6 Å². The number of nitrogens with zero attached hydrogens (tertiary/aromatic N) is 2. The van der Waals surface area contributed by atoms with Gasteiger partial charge in [-0.2, -0.15) is 4.99 Å². The molecular weight excluding hydrogens is 312 g/mol. The second-order valence-corrected chi connectivity index (χ2v) is 5.70. The van der Waals surface area contributed by atoms with Gasteiger partial charge < -0.3 is 9.30 Å². The largest absolute Gasteiger partial charge is 0.497 e. The standard InChI is InChI=1S/C21H20N2O2/c1-25-19-12-10-17(11-13-19)15-21(24)22-20-9-5-6-14-23(20)16-18-7-3-2-4-8-18/h2-14H,15-16H2,1H3. The molecule has 0 atom stereocenters. The summed E-state index contributed by atoms with van der Waals surface area (Å²) < 4.78 is 7.10. The molecule has 0 spiro atoms. The zero-order valence-corrected chi connectivity index (χ0v) is 14.1. The van der Waals surface area contributed by atoms with E-state index in [1.165, 1.54) is 0 Å². The van der Waals surface area contributed by atoms with Gasteiger partial charge in [-0.1, -0.05) is 48.5 Å². The lowest BCUT2D eigenvalue weighted by molar-refractivity contribution is -0.117. The Bertz CT molecular complexity index is 897. The molecule has 4 heteroatoms. The molecule has 0 aliphatic rings. The Kier molecular flexibility index (Phi) is 5.42. The molecule has 0 saturated heterocycles. The van der Waals surface area contributed by atoms with Crippen LogP contribution in [0.15, 0.2) is 84.0 Å². The van der Waals surface area contributed by atoms with Crippen molar-refractivity contribution in [3.8, 4) is 5.75 Å². The first-order chi connectivity index (χ1) is 12.2. The van der Waals surface area contributed by atoms with Gasteiger partial charge in [-0.3, -0.25) is 4.79 Å².